The molecule has 0 radical (unpaired) electrons. The number of piperazine rings is 1. The number of aromatic nitrogens is 5. The van der Waals surface area contributed by atoms with Gasteiger partial charge in [-0.3, -0.25) is 9.81 Å². The highest BCUT2D eigenvalue weighted by Gasteiger charge is 2.34. The maximum Gasteiger partial charge on any atom is 0.180 e. The Morgan fingerprint density at radius 3 is 2.93 bits per heavy atom. The Bertz CT molecular complexity index is 1090. The van der Waals surface area contributed by atoms with Crippen molar-refractivity contribution in [1.29, 1.82) is 0 Å². The second-order valence-electron chi connectivity index (χ2n) is 7.61. The van der Waals surface area contributed by atoms with Gasteiger partial charge in [-0.15, -0.1) is 0 Å². The maximum absolute atomic E-state index is 6.05. The minimum absolute atomic E-state index is 0.00663. The first-order valence-electron chi connectivity index (χ1n) is 9.21. The van der Waals surface area contributed by atoms with E-state index in [-0.39, 0.29) is 11.6 Å². The van der Waals surface area contributed by atoms with Gasteiger partial charge in [-0.25, -0.2) is 19.9 Å². The molecule has 3 aromatic heterocycles. The fraction of sp³-hybridized carbons (Fsp3) is 0.316. The molecule has 29 heavy (non-hydrogen) atoms. The maximum atomic E-state index is 6.05. The fourth-order valence-corrected chi connectivity index (χ4v) is 3.80. The molecule has 150 valence electrons. The molecule has 1 unspecified atom stereocenters. The lowest BCUT2D eigenvalue weighted by atomic mass is 9.95. The normalized spacial score (nSPS) is 19.5. The van der Waals surface area contributed by atoms with Gasteiger partial charge in [0, 0.05) is 42.8 Å². The van der Waals surface area contributed by atoms with Crippen LogP contribution < -0.4 is 21.4 Å². The molecule has 0 aliphatic carbocycles. The van der Waals surface area contributed by atoms with Crippen LogP contribution in [-0.4, -0.2) is 55.2 Å². The van der Waals surface area contributed by atoms with Crippen molar-refractivity contribution in [1.82, 2.24) is 29.7 Å². The van der Waals surface area contributed by atoms with Crippen LogP contribution in [-0.2, 0) is 0 Å². The number of rotatable bonds is 4. The Morgan fingerprint density at radius 2 is 2.17 bits per heavy atom. The van der Waals surface area contributed by atoms with Crippen LogP contribution in [0.3, 0.4) is 0 Å². The number of nitrogens with two attached hydrogens (primary N) is 2. The average molecular weight is 413 g/mol. The molecule has 10 heteroatoms. The first kappa shape index (κ1) is 19.3. The molecular formula is C19H23ClN9+. The molecule has 1 aliphatic rings. The van der Waals surface area contributed by atoms with E-state index in [0.29, 0.717) is 23.2 Å². The molecule has 1 aliphatic heterocycles. The Morgan fingerprint density at radius 1 is 1.34 bits per heavy atom. The zero-order chi connectivity index (χ0) is 20.6. The Kier molecular flexibility index (Phi) is 4.93. The third-order valence-corrected chi connectivity index (χ3v) is 5.09. The van der Waals surface area contributed by atoms with Gasteiger partial charge in [-0.05, 0) is 19.9 Å². The van der Waals surface area contributed by atoms with Crippen molar-refractivity contribution in [3.63, 3.8) is 0 Å². The van der Waals surface area contributed by atoms with E-state index < -0.39 is 0 Å². The van der Waals surface area contributed by atoms with Crippen LogP contribution >= 0.6 is 11.6 Å². The van der Waals surface area contributed by atoms with E-state index in [1.807, 2.05) is 10.5 Å². The summed E-state index contributed by atoms with van der Waals surface area (Å²) in [6, 6.07) is 1.89. The summed E-state index contributed by atoms with van der Waals surface area (Å²) in [4.78, 5) is 19.9. The molecule has 0 bridgehead atoms. The third-order valence-electron chi connectivity index (χ3n) is 4.90. The molecule has 0 saturated carbocycles. The molecule has 1 fully saturated rings. The van der Waals surface area contributed by atoms with Gasteiger partial charge in [0.25, 0.3) is 0 Å². The van der Waals surface area contributed by atoms with Gasteiger partial charge in [0.1, 0.15) is 16.7 Å². The number of imidazole rings is 1. The summed E-state index contributed by atoms with van der Waals surface area (Å²) < 4.78 is 1.83. The molecule has 4 heterocycles. The SMILES string of the molecule is CC1(C)CN(c2ccnc(-c3cnc4cnc(Cl)cn34)n2)CC(/C(C=[NH2+])=C/N)N1. The lowest BCUT2D eigenvalue weighted by molar-refractivity contribution is -0.105. The second-order valence-corrected chi connectivity index (χ2v) is 8.00. The summed E-state index contributed by atoms with van der Waals surface area (Å²) in [5.41, 5.74) is 7.87. The minimum Gasteiger partial charge on any atom is -0.404 e. The Balaban J connectivity index is 1.71. The fourth-order valence-electron chi connectivity index (χ4n) is 3.66. The second kappa shape index (κ2) is 7.41. The highest BCUT2D eigenvalue weighted by Crippen LogP contribution is 2.25. The molecule has 0 spiro atoms. The zero-order valence-corrected chi connectivity index (χ0v) is 17.0. The standard InChI is InChI=1S/C19H22ClN9/c1-19(2)11-28(9-13(27-19)12(5-21)6-22)16-3-4-23-18(26-16)14-7-25-17-8-24-15(20)10-29(14)17/h3-8,10,13,21,27H,9,11,22H2,1-2H3/p+1/b12-6+,21-5?. The smallest absolute Gasteiger partial charge is 0.180 e. The largest absolute Gasteiger partial charge is 0.404 e. The number of nitrogens with zero attached hydrogens (tertiary/aromatic N) is 6. The monoisotopic (exact) mass is 412 g/mol. The predicted molar refractivity (Wildman–Crippen MR) is 112 cm³/mol. The van der Waals surface area contributed by atoms with Crippen LogP contribution in [0.1, 0.15) is 13.8 Å². The highest BCUT2D eigenvalue weighted by molar-refractivity contribution is 6.29. The molecule has 4 rings (SSSR count). The van der Waals surface area contributed by atoms with Crippen molar-refractivity contribution < 1.29 is 5.41 Å². The van der Waals surface area contributed by atoms with Gasteiger partial charge in [0.05, 0.1) is 18.4 Å². The number of hydrogen-bond donors (Lipinski definition) is 3. The summed E-state index contributed by atoms with van der Waals surface area (Å²) >= 11 is 6.05. The molecule has 5 N–H and O–H groups in total. The van der Waals surface area contributed by atoms with Gasteiger partial charge in [0.15, 0.2) is 17.7 Å². The van der Waals surface area contributed by atoms with Gasteiger partial charge >= 0.3 is 0 Å². The van der Waals surface area contributed by atoms with E-state index in [9.17, 15) is 0 Å². The number of halogens is 1. The van der Waals surface area contributed by atoms with Crippen molar-refractivity contribution in [3.8, 4) is 11.5 Å². The van der Waals surface area contributed by atoms with Crippen molar-refractivity contribution >= 4 is 29.3 Å². The summed E-state index contributed by atoms with van der Waals surface area (Å²) in [5, 5.41) is 9.72. The van der Waals surface area contributed by atoms with Gasteiger partial charge in [-0.1, -0.05) is 11.6 Å². The van der Waals surface area contributed by atoms with E-state index in [0.717, 1.165) is 23.6 Å². The topological polar surface area (TPSA) is 123 Å². The Hall–Kier alpha value is -3.04. The van der Waals surface area contributed by atoms with Crippen LogP contribution in [0.5, 0.6) is 0 Å². The molecular weight excluding hydrogens is 390 g/mol. The van der Waals surface area contributed by atoms with E-state index in [1.165, 1.54) is 0 Å². The molecule has 0 amide bonds. The molecule has 3 aromatic rings. The van der Waals surface area contributed by atoms with Crippen molar-refractivity contribution in [2.45, 2.75) is 25.4 Å². The van der Waals surface area contributed by atoms with Crippen LogP contribution in [0, 0.1) is 0 Å². The number of fused-ring (bicyclic) bond motifs is 1. The Labute approximate surface area is 173 Å². The first-order chi connectivity index (χ1) is 13.9. The van der Waals surface area contributed by atoms with E-state index in [2.05, 4.69) is 39.0 Å². The van der Waals surface area contributed by atoms with Crippen molar-refractivity contribution in [2.75, 3.05) is 18.0 Å². The van der Waals surface area contributed by atoms with Crippen LogP contribution in [0.25, 0.3) is 17.2 Å². The summed E-state index contributed by atoms with van der Waals surface area (Å²) in [5.74, 6) is 1.38. The van der Waals surface area contributed by atoms with Crippen LogP contribution in [0.2, 0.25) is 5.15 Å². The zero-order valence-electron chi connectivity index (χ0n) is 16.2. The van der Waals surface area contributed by atoms with Crippen LogP contribution in [0.4, 0.5) is 5.82 Å². The molecule has 1 saturated heterocycles. The van der Waals surface area contributed by atoms with E-state index >= 15 is 0 Å². The first-order valence-corrected chi connectivity index (χ1v) is 9.59. The van der Waals surface area contributed by atoms with Gasteiger partial charge < -0.3 is 16.0 Å². The number of anilines is 1. The number of nitrogens with one attached hydrogen (secondary N) is 1. The predicted octanol–water partition coefficient (Wildman–Crippen LogP) is 0.0690. The lowest BCUT2D eigenvalue weighted by Gasteiger charge is -2.44. The summed E-state index contributed by atoms with van der Waals surface area (Å²) in [6.07, 6.45) is 9.86. The van der Waals surface area contributed by atoms with Crippen molar-refractivity contribution in [2.24, 2.45) is 5.73 Å². The lowest BCUT2D eigenvalue weighted by Crippen LogP contribution is -2.63. The third kappa shape index (κ3) is 3.79. The minimum atomic E-state index is -0.159. The van der Waals surface area contributed by atoms with Gasteiger partial charge in [0.2, 0.25) is 0 Å². The van der Waals surface area contributed by atoms with E-state index in [4.69, 9.17) is 27.7 Å². The highest BCUT2D eigenvalue weighted by atomic mass is 35.5. The van der Waals surface area contributed by atoms with Gasteiger partial charge in [-0.2, -0.15) is 0 Å². The van der Waals surface area contributed by atoms with Crippen molar-refractivity contribution in [3.05, 3.63) is 47.8 Å². The quantitative estimate of drug-likeness (QED) is 0.518. The van der Waals surface area contributed by atoms with E-state index in [1.54, 1.807) is 37.2 Å². The van der Waals surface area contributed by atoms with Crippen LogP contribution in [0.15, 0.2) is 42.6 Å². The summed E-state index contributed by atoms with van der Waals surface area (Å²) in [6.45, 7) is 5.72. The molecule has 1 atom stereocenters. The summed E-state index contributed by atoms with van der Waals surface area (Å²) in [7, 11) is 0. The molecule has 0 aromatic carbocycles. The average Bonchev–Trinajstić information content (AvgIpc) is 3.11. The molecule has 9 nitrogen and oxygen atoms in total. The number of hydrogen-bond acceptors (Lipinski definition) is 7.